The fourth-order valence-corrected chi connectivity index (χ4v) is 7.14. The first kappa shape index (κ1) is 39.4. The number of hydrogen-bond acceptors (Lipinski definition) is 1. The van der Waals surface area contributed by atoms with Crippen molar-refractivity contribution in [3.05, 3.63) is 58.7 Å². The van der Waals surface area contributed by atoms with Gasteiger partial charge in [-0.2, -0.15) is 0 Å². The molecule has 1 heteroatoms. The predicted octanol–water partition coefficient (Wildman–Crippen LogP) is 15.0. The minimum absolute atomic E-state index is 1.23. The van der Waals surface area contributed by atoms with Crippen molar-refractivity contribution < 1.29 is 0 Å². The van der Waals surface area contributed by atoms with E-state index in [1.54, 1.807) is 22.3 Å². The summed E-state index contributed by atoms with van der Waals surface area (Å²) in [6.07, 6.45) is 38.1. The van der Waals surface area contributed by atoms with Crippen LogP contribution in [0.2, 0.25) is 0 Å². The monoisotopic (exact) mass is 618 g/mol. The summed E-state index contributed by atoms with van der Waals surface area (Å²) < 4.78 is 0. The van der Waals surface area contributed by atoms with Crippen molar-refractivity contribution in [3.63, 3.8) is 0 Å². The number of para-hydroxylation sites is 1. The molecule has 0 aliphatic heterocycles. The van der Waals surface area contributed by atoms with Gasteiger partial charge in [-0.05, 0) is 91.8 Å². The number of unbranched alkanes of at least 4 members (excludes halogenated alkanes) is 20. The summed E-state index contributed by atoms with van der Waals surface area (Å²) in [6, 6.07) is 13.6. The second kappa shape index (κ2) is 27.4. The van der Waals surface area contributed by atoms with Crippen LogP contribution in [0, 0.1) is 0 Å². The molecule has 0 spiro atoms. The Morgan fingerprint density at radius 1 is 0.378 bits per heavy atom. The highest BCUT2D eigenvalue weighted by molar-refractivity contribution is 5.68. The minimum Gasteiger partial charge on any atom is -0.355 e. The maximum Gasteiger partial charge on any atom is 0.0422 e. The van der Waals surface area contributed by atoms with E-state index in [0.29, 0.717) is 0 Å². The second-order valence-electron chi connectivity index (χ2n) is 14.1. The average Bonchev–Trinajstić information content (AvgIpc) is 3.06. The molecule has 0 radical (unpaired) electrons. The summed E-state index contributed by atoms with van der Waals surface area (Å²) in [5.74, 6) is 0. The zero-order chi connectivity index (χ0) is 32.2. The van der Waals surface area contributed by atoms with E-state index in [1.807, 2.05) is 0 Å². The van der Waals surface area contributed by atoms with Crippen LogP contribution in [-0.4, -0.2) is 0 Å². The maximum absolute atomic E-state index is 3.97. The van der Waals surface area contributed by atoms with Crippen LogP contribution < -0.4 is 5.32 Å². The molecule has 0 bridgehead atoms. The Kier molecular flexibility index (Phi) is 24.0. The molecule has 0 amide bonds. The molecule has 0 saturated heterocycles. The Morgan fingerprint density at radius 3 is 1.22 bits per heavy atom. The number of rotatable bonds is 30. The first-order valence-corrected chi connectivity index (χ1v) is 20.2. The van der Waals surface area contributed by atoms with Gasteiger partial charge in [-0.1, -0.05) is 174 Å². The van der Waals surface area contributed by atoms with Gasteiger partial charge in [0, 0.05) is 11.4 Å². The molecule has 2 rings (SSSR count). The van der Waals surface area contributed by atoms with E-state index in [-0.39, 0.29) is 0 Å². The molecule has 0 aliphatic rings. The molecule has 0 aliphatic carbocycles. The topological polar surface area (TPSA) is 12.0 Å². The Labute approximate surface area is 282 Å². The third kappa shape index (κ3) is 17.7. The lowest BCUT2D eigenvalue weighted by atomic mass is 9.84. The molecular weight excluding hydrogens is 542 g/mol. The van der Waals surface area contributed by atoms with E-state index in [1.165, 1.54) is 191 Å². The van der Waals surface area contributed by atoms with Crippen LogP contribution >= 0.6 is 0 Å². The van der Waals surface area contributed by atoms with Gasteiger partial charge in [-0.15, -0.1) is 0 Å². The summed E-state index contributed by atoms with van der Waals surface area (Å²) >= 11 is 0. The van der Waals surface area contributed by atoms with Gasteiger partial charge >= 0.3 is 0 Å². The van der Waals surface area contributed by atoms with Gasteiger partial charge in [0.1, 0.15) is 0 Å². The van der Waals surface area contributed by atoms with Gasteiger partial charge in [-0.25, -0.2) is 0 Å². The normalized spacial score (nSPS) is 11.4. The van der Waals surface area contributed by atoms with Crippen molar-refractivity contribution in [3.8, 4) is 0 Å². The molecule has 2 aromatic carbocycles. The van der Waals surface area contributed by atoms with Gasteiger partial charge in [0.15, 0.2) is 0 Å². The summed E-state index contributed by atoms with van der Waals surface area (Å²) in [4.78, 5) is 0. The highest BCUT2D eigenvalue weighted by atomic mass is 14.9. The van der Waals surface area contributed by atoms with E-state index < -0.39 is 0 Å². The van der Waals surface area contributed by atoms with Crippen LogP contribution in [0.1, 0.15) is 204 Å². The zero-order valence-electron chi connectivity index (χ0n) is 30.8. The number of aryl methyl sites for hydroxylation is 1. The lowest BCUT2D eigenvalue weighted by Crippen LogP contribution is -2.10. The molecule has 1 nitrogen and oxygen atoms in total. The van der Waals surface area contributed by atoms with Crippen LogP contribution in [0.3, 0.4) is 0 Å². The van der Waals surface area contributed by atoms with E-state index in [4.69, 9.17) is 0 Å². The van der Waals surface area contributed by atoms with Crippen molar-refractivity contribution in [2.24, 2.45) is 0 Å². The quantitative estimate of drug-likeness (QED) is 0.0860. The summed E-state index contributed by atoms with van der Waals surface area (Å²) in [6.45, 7) is 9.32. The smallest absolute Gasteiger partial charge is 0.0422 e. The van der Waals surface area contributed by atoms with Gasteiger partial charge in [-0.3, -0.25) is 0 Å². The van der Waals surface area contributed by atoms with Crippen molar-refractivity contribution in [1.82, 2.24) is 0 Å². The predicted molar refractivity (Wildman–Crippen MR) is 204 cm³/mol. The first-order chi connectivity index (χ1) is 22.2. The fraction of sp³-hybridized carbons (Fsp3) is 0.727. The number of benzene rings is 2. The van der Waals surface area contributed by atoms with Crippen molar-refractivity contribution in [2.75, 3.05) is 5.32 Å². The highest BCUT2D eigenvalue weighted by Crippen LogP contribution is 2.35. The Balaban J connectivity index is 2.41. The Bertz CT molecular complexity index is 945. The first-order valence-electron chi connectivity index (χ1n) is 20.2. The lowest BCUT2D eigenvalue weighted by molar-refractivity contribution is 0.589. The third-order valence-corrected chi connectivity index (χ3v) is 9.95. The SMILES string of the molecule is CCCCCCCCc1cc(Nc2ccccc2)c(CCCCCCCC)c(CCCCCCCC)c1CCCCCCCC. The molecule has 0 unspecified atom stereocenters. The standard InChI is InChI=1S/C44H75N/c1-5-9-13-17-21-26-32-39-38-44(45-40-33-27-25-28-34-40)43(37-31-24-20-16-12-8-4)42(36-30-23-19-15-11-7-3)41(39)35-29-22-18-14-10-6-2/h25,27-28,33-34,38,45H,5-24,26,29-32,35-37H2,1-4H3. The second-order valence-corrected chi connectivity index (χ2v) is 14.1. The van der Waals surface area contributed by atoms with Gasteiger partial charge in [0.25, 0.3) is 0 Å². The number of nitrogens with one attached hydrogen (secondary N) is 1. The van der Waals surface area contributed by atoms with Crippen LogP contribution in [0.4, 0.5) is 11.4 Å². The number of hydrogen-bond donors (Lipinski definition) is 1. The van der Waals surface area contributed by atoms with E-state index in [9.17, 15) is 0 Å². The van der Waals surface area contributed by atoms with E-state index >= 15 is 0 Å². The Morgan fingerprint density at radius 2 is 0.756 bits per heavy atom. The third-order valence-electron chi connectivity index (χ3n) is 9.95. The van der Waals surface area contributed by atoms with E-state index in [2.05, 4.69) is 69.4 Å². The molecule has 0 heterocycles. The summed E-state index contributed by atoms with van der Waals surface area (Å²) in [5.41, 5.74) is 9.52. The molecule has 0 aromatic heterocycles. The fourth-order valence-electron chi connectivity index (χ4n) is 7.14. The maximum atomic E-state index is 3.97. The average molecular weight is 618 g/mol. The molecular formula is C44H75N. The Hall–Kier alpha value is -1.76. The van der Waals surface area contributed by atoms with Crippen LogP contribution in [0.15, 0.2) is 36.4 Å². The molecule has 45 heavy (non-hydrogen) atoms. The van der Waals surface area contributed by atoms with Gasteiger partial charge in [0.05, 0.1) is 0 Å². The molecule has 1 N–H and O–H groups in total. The highest BCUT2D eigenvalue weighted by Gasteiger charge is 2.18. The van der Waals surface area contributed by atoms with Crippen LogP contribution in [-0.2, 0) is 25.7 Å². The van der Waals surface area contributed by atoms with Crippen LogP contribution in [0.25, 0.3) is 0 Å². The van der Waals surface area contributed by atoms with Gasteiger partial charge in [0.2, 0.25) is 0 Å². The minimum atomic E-state index is 1.23. The van der Waals surface area contributed by atoms with E-state index in [0.717, 1.165) is 0 Å². The van der Waals surface area contributed by atoms with Crippen molar-refractivity contribution >= 4 is 11.4 Å². The van der Waals surface area contributed by atoms with Crippen LogP contribution in [0.5, 0.6) is 0 Å². The number of anilines is 2. The van der Waals surface area contributed by atoms with Crippen molar-refractivity contribution in [1.29, 1.82) is 0 Å². The van der Waals surface area contributed by atoms with Crippen molar-refractivity contribution in [2.45, 2.75) is 207 Å². The summed E-state index contributed by atoms with van der Waals surface area (Å²) in [7, 11) is 0. The van der Waals surface area contributed by atoms with Gasteiger partial charge < -0.3 is 5.32 Å². The largest absolute Gasteiger partial charge is 0.355 e. The molecule has 0 fully saturated rings. The molecule has 0 saturated carbocycles. The lowest BCUT2D eigenvalue weighted by Gasteiger charge is -2.24. The molecule has 2 aromatic rings. The molecule has 0 atom stereocenters. The molecule has 256 valence electrons. The summed E-state index contributed by atoms with van der Waals surface area (Å²) in [5, 5.41) is 3.97. The zero-order valence-corrected chi connectivity index (χ0v) is 30.8.